The molecule has 1 saturated heterocycles. The molecule has 0 aromatic carbocycles. The molecule has 3 unspecified atom stereocenters. The van der Waals surface area contributed by atoms with Gasteiger partial charge < -0.3 is 15.2 Å². The minimum absolute atomic E-state index is 0.0590. The Morgan fingerprint density at radius 1 is 1.44 bits per heavy atom. The smallest absolute Gasteiger partial charge is 0.0791 e. The van der Waals surface area contributed by atoms with Gasteiger partial charge in [-0.05, 0) is 34.1 Å². The van der Waals surface area contributed by atoms with Crippen molar-refractivity contribution in [3.63, 3.8) is 0 Å². The molecule has 0 spiro atoms. The van der Waals surface area contributed by atoms with Crippen LogP contribution < -0.4 is 5.32 Å². The molecule has 4 nitrogen and oxygen atoms in total. The van der Waals surface area contributed by atoms with Gasteiger partial charge in [0.15, 0.2) is 0 Å². The summed E-state index contributed by atoms with van der Waals surface area (Å²) in [4.78, 5) is 2.36. The van der Waals surface area contributed by atoms with E-state index in [-0.39, 0.29) is 17.7 Å². The van der Waals surface area contributed by atoms with Crippen molar-refractivity contribution in [2.45, 2.75) is 64.8 Å². The molecule has 3 atom stereocenters. The molecule has 1 heterocycles. The molecular weight excluding hydrogens is 228 g/mol. The highest BCUT2D eigenvalue weighted by Gasteiger charge is 2.27. The monoisotopic (exact) mass is 258 g/mol. The van der Waals surface area contributed by atoms with Crippen molar-refractivity contribution in [1.82, 2.24) is 10.2 Å². The van der Waals surface area contributed by atoms with E-state index in [1.165, 1.54) is 0 Å². The van der Waals surface area contributed by atoms with E-state index >= 15 is 0 Å². The molecule has 0 saturated carbocycles. The number of hydrogen-bond donors (Lipinski definition) is 2. The third-order valence-electron chi connectivity index (χ3n) is 3.37. The molecule has 0 aromatic heterocycles. The maximum atomic E-state index is 10.1. The summed E-state index contributed by atoms with van der Waals surface area (Å²) in [6, 6.07) is 0.450. The third kappa shape index (κ3) is 5.65. The van der Waals surface area contributed by atoms with Gasteiger partial charge in [-0.1, -0.05) is 6.92 Å². The lowest BCUT2D eigenvalue weighted by atomic mass is 10.1. The fraction of sp³-hybridized carbons (Fsp3) is 1.00. The summed E-state index contributed by atoms with van der Waals surface area (Å²) >= 11 is 0. The summed E-state index contributed by atoms with van der Waals surface area (Å²) in [6.07, 6.45) is 1.03. The standard InChI is InChI=1S/C14H30N2O2/c1-6-12-10-18-11(2)8-16(12)9-13(17)7-15-14(3,4)5/h11-13,15,17H,6-10H2,1-5H3. The molecule has 1 rings (SSSR count). The van der Waals surface area contributed by atoms with E-state index in [0.29, 0.717) is 12.6 Å². The molecule has 1 aliphatic heterocycles. The zero-order chi connectivity index (χ0) is 13.8. The van der Waals surface area contributed by atoms with Crippen LogP contribution in [0.1, 0.15) is 41.0 Å². The van der Waals surface area contributed by atoms with Crippen LogP contribution in [0.15, 0.2) is 0 Å². The number of β-amino-alcohol motifs (C(OH)–C–C–N with tert-alkyl or cyclic N) is 1. The first-order valence-electron chi connectivity index (χ1n) is 7.10. The van der Waals surface area contributed by atoms with E-state index in [9.17, 15) is 5.11 Å². The normalized spacial score (nSPS) is 28.3. The second kappa shape index (κ2) is 6.85. The average Bonchev–Trinajstić information content (AvgIpc) is 2.26. The molecule has 0 radical (unpaired) electrons. The Labute approximate surface area is 112 Å². The number of ether oxygens (including phenoxy) is 1. The molecule has 1 fully saturated rings. The Bertz CT molecular complexity index is 240. The van der Waals surface area contributed by atoms with Crippen molar-refractivity contribution in [2.24, 2.45) is 0 Å². The van der Waals surface area contributed by atoms with Crippen molar-refractivity contribution < 1.29 is 9.84 Å². The second-order valence-corrected chi connectivity index (χ2v) is 6.44. The van der Waals surface area contributed by atoms with Gasteiger partial charge in [0.05, 0.1) is 18.8 Å². The van der Waals surface area contributed by atoms with Crippen molar-refractivity contribution in [3.8, 4) is 0 Å². The summed E-state index contributed by atoms with van der Waals surface area (Å²) in [5, 5.41) is 13.5. The van der Waals surface area contributed by atoms with Crippen molar-refractivity contribution in [2.75, 3.05) is 26.2 Å². The summed E-state index contributed by atoms with van der Waals surface area (Å²) in [7, 11) is 0. The predicted molar refractivity (Wildman–Crippen MR) is 74.8 cm³/mol. The highest BCUT2D eigenvalue weighted by molar-refractivity contribution is 4.81. The fourth-order valence-corrected chi connectivity index (χ4v) is 2.27. The minimum atomic E-state index is -0.316. The number of nitrogens with one attached hydrogen (secondary N) is 1. The quantitative estimate of drug-likeness (QED) is 0.779. The van der Waals surface area contributed by atoms with E-state index in [0.717, 1.165) is 26.1 Å². The van der Waals surface area contributed by atoms with Gasteiger partial charge in [0.25, 0.3) is 0 Å². The van der Waals surface area contributed by atoms with Crippen LogP contribution in [0, 0.1) is 0 Å². The van der Waals surface area contributed by atoms with E-state index < -0.39 is 0 Å². The minimum Gasteiger partial charge on any atom is -0.390 e. The first kappa shape index (κ1) is 15.9. The lowest BCUT2D eigenvalue weighted by Crippen LogP contribution is -2.53. The number of aliphatic hydroxyl groups is 1. The number of nitrogens with zero attached hydrogens (tertiary/aromatic N) is 1. The lowest BCUT2D eigenvalue weighted by Gasteiger charge is -2.39. The predicted octanol–water partition coefficient (Wildman–Crippen LogP) is 1.23. The van der Waals surface area contributed by atoms with Gasteiger partial charge in [-0.3, -0.25) is 4.90 Å². The Kier molecular flexibility index (Phi) is 6.05. The van der Waals surface area contributed by atoms with Gasteiger partial charge in [-0.25, -0.2) is 0 Å². The lowest BCUT2D eigenvalue weighted by molar-refractivity contribution is -0.0678. The molecule has 2 N–H and O–H groups in total. The maximum absolute atomic E-state index is 10.1. The number of morpholine rings is 1. The van der Waals surface area contributed by atoms with E-state index in [1.807, 2.05) is 0 Å². The van der Waals surface area contributed by atoms with Crippen LogP contribution >= 0.6 is 0 Å². The van der Waals surface area contributed by atoms with Gasteiger partial charge in [0.1, 0.15) is 0 Å². The Morgan fingerprint density at radius 2 is 2.11 bits per heavy atom. The Hall–Kier alpha value is -0.160. The molecule has 4 heteroatoms. The van der Waals surface area contributed by atoms with Crippen LogP contribution in [-0.4, -0.2) is 60.0 Å². The molecule has 0 bridgehead atoms. The molecule has 0 amide bonds. The third-order valence-corrected chi connectivity index (χ3v) is 3.37. The second-order valence-electron chi connectivity index (χ2n) is 6.44. The van der Waals surface area contributed by atoms with Gasteiger partial charge in [0.2, 0.25) is 0 Å². The van der Waals surface area contributed by atoms with Crippen LogP contribution in [0.2, 0.25) is 0 Å². The summed E-state index contributed by atoms with van der Waals surface area (Å²) < 4.78 is 5.67. The van der Waals surface area contributed by atoms with E-state index in [4.69, 9.17) is 4.74 Å². The number of aliphatic hydroxyl groups excluding tert-OH is 1. The zero-order valence-electron chi connectivity index (χ0n) is 12.6. The van der Waals surface area contributed by atoms with Gasteiger partial charge >= 0.3 is 0 Å². The number of rotatable bonds is 5. The van der Waals surface area contributed by atoms with Crippen molar-refractivity contribution >= 4 is 0 Å². The van der Waals surface area contributed by atoms with Crippen LogP contribution in [-0.2, 0) is 4.74 Å². The maximum Gasteiger partial charge on any atom is 0.0791 e. The molecule has 0 aliphatic carbocycles. The zero-order valence-corrected chi connectivity index (χ0v) is 12.6. The molecular formula is C14H30N2O2. The van der Waals surface area contributed by atoms with Crippen molar-refractivity contribution in [1.29, 1.82) is 0 Å². The van der Waals surface area contributed by atoms with Crippen molar-refractivity contribution in [3.05, 3.63) is 0 Å². The molecule has 0 aromatic rings. The topological polar surface area (TPSA) is 44.7 Å². The number of hydrogen-bond acceptors (Lipinski definition) is 4. The Balaban J connectivity index is 2.38. The largest absolute Gasteiger partial charge is 0.390 e. The summed E-state index contributed by atoms with van der Waals surface area (Å²) in [6.45, 7) is 13.7. The first-order valence-corrected chi connectivity index (χ1v) is 7.10. The molecule has 18 heavy (non-hydrogen) atoms. The SMILES string of the molecule is CCC1COC(C)CN1CC(O)CNC(C)(C)C. The highest BCUT2D eigenvalue weighted by atomic mass is 16.5. The van der Waals surface area contributed by atoms with Crippen LogP contribution in [0.4, 0.5) is 0 Å². The highest BCUT2D eigenvalue weighted by Crippen LogP contribution is 2.14. The first-order chi connectivity index (χ1) is 8.31. The fourth-order valence-electron chi connectivity index (χ4n) is 2.27. The summed E-state index contributed by atoms with van der Waals surface area (Å²) in [5.74, 6) is 0. The summed E-state index contributed by atoms with van der Waals surface area (Å²) in [5.41, 5.74) is 0.0590. The van der Waals surface area contributed by atoms with Gasteiger partial charge in [0, 0.05) is 31.2 Å². The van der Waals surface area contributed by atoms with Crippen LogP contribution in [0.3, 0.4) is 0 Å². The van der Waals surface area contributed by atoms with Gasteiger partial charge in [-0.2, -0.15) is 0 Å². The average molecular weight is 258 g/mol. The van der Waals surface area contributed by atoms with Gasteiger partial charge in [-0.15, -0.1) is 0 Å². The Morgan fingerprint density at radius 3 is 2.67 bits per heavy atom. The van der Waals surface area contributed by atoms with E-state index in [2.05, 4.69) is 44.8 Å². The molecule has 108 valence electrons. The van der Waals surface area contributed by atoms with E-state index in [1.54, 1.807) is 0 Å². The van der Waals surface area contributed by atoms with Crippen LogP contribution in [0.5, 0.6) is 0 Å². The molecule has 1 aliphatic rings. The van der Waals surface area contributed by atoms with Crippen LogP contribution in [0.25, 0.3) is 0 Å².